The SMILES string of the molecule is CSc1nnnn1-c1cccc(NC(=O)Cc2ccc(S(=O)(=O)N3CCCC3)s2)c1. The van der Waals surface area contributed by atoms with Crippen LogP contribution < -0.4 is 5.32 Å². The minimum Gasteiger partial charge on any atom is -0.326 e. The number of carbonyl (C=O) groups is 1. The quantitative estimate of drug-likeness (QED) is 0.535. The van der Waals surface area contributed by atoms with Crippen molar-refractivity contribution in [2.75, 3.05) is 24.7 Å². The molecule has 1 saturated heterocycles. The first kappa shape index (κ1) is 21.0. The Morgan fingerprint density at radius 1 is 1.23 bits per heavy atom. The number of benzene rings is 1. The Bertz CT molecular complexity index is 1150. The summed E-state index contributed by atoms with van der Waals surface area (Å²) >= 11 is 2.57. The molecule has 0 radical (unpaired) electrons. The molecule has 1 amide bonds. The van der Waals surface area contributed by atoms with E-state index in [0.29, 0.717) is 28.8 Å². The number of carbonyl (C=O) groups excluding carboxylic acids is 1. The van der Waals surface area contributed by atoms with Crippen molar-refractivity contribution in [2.24, 2.45) is 0 Å². The molecule has 0 aliphatic carbocycles. The number of nitrogens with zero attached hydrogens (tertiary/aromatic N) is 5. The van der Waals surface area contributed by atoms with Crippen LogP contribution in [0.5, 0.6) is 0 Å². The first-order valence-electron chi connectivity index (χ1n) is 9.29. The summed E-state index contributed by atoms with van der Waals surface area (Å²) in [6.45, 7) is 1.12. The van der Waals surface area contributed by atoms with Gasteiger partial charge in [-0.15, -0.1) is 16.4 Å². The average Bonchev–Trinajstić information content (AvgIpc) is 3.48. The van der Waals surface area contributed by atoms with Gasteiger partial charge >= 0.3 is 0 Å². The van der Waals surface area contributed by atoms with Crippen LogP contribution in [0.25, 0.3) is 5.69 Å². The molecule has 0 bridgehead atoms. The number of hydrogen-bond donors (Lipinski definition) is 1. The third-order valence-corrected chi connectivity index (χ3v) is 8.70. The summed E-state index contributed by atoms with van der Waals surface area (Å²) < 4.78 is 28.7. The van der Waals surface area contributed by atoms with E-state index >= 15 is 0 Å². The lowest BCUT2D eigenvalue weighted by Crippen LogP contribution is -2.27. The highest BCUT2D eigenvalue weighted by Crippen LogP contribution is 2.28. The number of nitrogens with one attached hydrogen (secondary N) is 1. The number of thioether (sulfide) groups is 1. The Morgan fingerprint density at radius 2 is 2.03 bits per heavy atom. The molecule has 12 heteroatoms. The van der Waals surface area contributed by atoms with Crippen molar-refractivity contribution in [1.82, 2.24) is 24.5 Å². The second kappa shape index (κ2) is 8.84. The number of aromatic nitrogens is 4. The molecule has 1 aliphatic rings. The van der Waals surface area contributed by atoms with Crippen LogP contribution in [0, 0.1) is 0 Å². The summed E-state index contributed by atoms with van der Waals surface area (Å²) in [5.74, 6) is -0.221. The molecule has 3 heterocycles. The van der Waals surface area contributed by atoms with Crippen molar-refractivity contribution < 1.29 is 13.2 Å². The van der Waals surface area contributed by atoms with Gasteiger partial charge in [0.15, 0.2) is 0 Å². The molecule has 0 atom stereocenters. The van der Waals surface area contributed by atoms with Crippen molar-refractivity contribution in [2.45, 2.75) is 28.6 Å². The number of anilines is 1. The second-order valence-electron chi connectivity index (χ2n) is 6.68. The second-order valence-corrected chi connectivity index (χ2v) is 10.8. The summed E-state index contributed by atoms with van der Waals surface area (Å²) in [6, 6.07) is 10.5. The molecule has 3 aromatic rings. The van der Waals surface area contributed by atoms with Crippen LogP contribution in [0.3, 0.4) is 0 Å². The lowest BCUT2D eigenvalue weighted by Gasteiger charge is -2.13. The summed E-state index contributed by atoms with van der Waals surface area (Å²) in [5.41, 5.74) is 1.35. The smallest absolute Gasteiger partial charge is 0.252 e. The number of tetrazole rings is 1. The molecule has 158 valence electrons. The summed E-state index contributed by atoms with van der Waals surface area (Å²) in [7, 11) is -3.45. The molecule has 0 saturated carbocycles. The van der Waals surface area contributed by atoms with Crippen LogP contribution in [0.2, 0.25) is 0 Å². The summed E-state index contributed by atoms with van der Waals surface area (Å²) in [4.78, 5) is 13.2. The van der Waals surface area contributed by atoms with E-state index in [4.69, 9.17) is 0 Å². The summed E-state index contributed by atoms with van der Waals surface area (Å²) in [5, 5.41) is 15.1. The van der Waals surface area contributed by atoms with Crippen molar-refractivity contribution in [1.29, 1.82) is 0 Å². The number of rotatable bonds is 7. The van der Waals surface area contributed by atoms with E-state index in [1.807, 2.05) is 18.4 Å². The fraction of sp³-hybridized carbons (Fsp3) is 0.333. The van der Waals surface area contributed by atoms with E-state index in [1.165, 1.54) is 16.1 Å². The maximum absolute atomic E-state index is 12.6. The number of amides is 1. The van der Waals surface area contributed by atoms with Gasteiger partial charge in [0.2, 0.25) is 11.1 Å². The molecule has 1 aromatic carbocycles. The number of hydrogen-bond acceptors (Lipinski definition) is 8. The van der Waals surface area contributed by atoms with Gasteiger partial charge in [0.25, 0.3) is 10.0 Å². The zero-order chi connectivity index (χ0) is 21.1. The van der Waals surface area contributed by atoms with E-state index in [0.717, 1.165) is 29.9 Å². The standard InChI is InChI=1S/C18H20N6O3S3/c1-28-18-20-21-22-24(18)14-6-4-5-13(11-14)19-16(25)12-15-7-8-17(29-15)30(26,27)23-9-2-3-10-23/h4-8,11H,2-3,9-10,12H2,1H3,(H,19,25). The van der Waals surface area contributed by atoms with Crippen molar-refractivity contribution >= 4 is 44.7 Å². The Morgan fingerprint density at radius 3 is 2.80 bits per heavy atom. The molecule has 0 spiro atoms. The van der Waals surface area contributed by atoms with Gasteiger partial charge in [-0.05, 0) is 59.9 Å². The molecule has 2 aromatic heterocycles. The molecule has 1 fully saturated rings. The first-order chi connectivity index (χ1) is 14.5. The maximum atomic E-state index is 12.6. The van der Waals surface area contributed by atoms with Crippen LogP contribution in [-0.2, 0) is 21.2 Å². The molecule has 0 unspecified atom stereocenters. The van der Waals surface area contributed by atoms with E-state index < -0.39 is 10.0 Å². The fourth-order valence-electron chi connectivity index (χ4n) is 3.19. The van der Waals surface area contributed by atoms with E-state index in [9.17, 15) is 13.2 Å². The van der Waals surface area contributed by atoms with Gasteiger partial charge in [0.05, 0.1) is 12.1 Å². The normalized spacial score (nSPS) is 14.8. The lowest BCUT2D eigenvalue weighted by molar-refractivity contribution is -0.115. The molecule has 4 rings (SSSR count). The van der Waals surface area contributed by atoms with Crippen LogP contribution in [0.15, 0.2) is 45.8 Å². The van der Waals surface area contributed by atoms with Gasteiger partial charge in [-0.25, -0.2) is 8.42 Å². The monoisotopic (exact) mass is 464 g/mol. The van der Waals surface area contributed by atoms with Crippen molar-refractivity contribution in [3.8, 4) is 5.69 Å². The Hall–Kier alpha value is -2.28. The Balaban J connectivity index is 1.43. The average molecular weight is 465 g/mol. The van der Waals surface area contributed by atoms with Gasteiger partial charge in [0, 0.05) is 23.7 Å². The molecule has 1 aliphatic heterocycles. The van der Waals surface area contributed by atoms with E-state index in [1.54, 1.807) is 28.9 Å². The fourth-order valence-corrected chi connectivity index (χ4v) is 6.65. The lowest BCUT2D eigenvalue weighted by atomic mass is 10.2. The topological polar surface area (TPSA) is 110 Å². The highest BCUT2D eigenvalue weighted by atomic mass is 32.2. The molecule has 9 nitrogen and oxygen atoms in total. The highest BCUT2D eigenvalue weighted by molar-refractivity contribution is 7.98. The van der Waals surface area contributed by atoms with Gasteiger partial charge in [-0.1, -0.05) is 17.8 Å². The third kappa shape index (κ3) is 4.41. The van der Waals surface area contributed by atoms with Crippen LogP contribution in [0.1, 0.15) is 17.7 Å². The minimum atomic E-state index is -3.45. The highest BCUT2D eigenvalue weighted by Gasteiger charge is 2.28. The van der Waals surface area contributed by atoms with Crippen molar-refractivity contribution in [3.05, 3.63) is 41.3 Å². The zero-order valence-electron chi connectivity index (χ0n) is 16.2. The Kier molecular flexibility index (Phi) is 6.18. The van der Waals surface area contributed by atoms with Gasteiger partial charge in [-0.3, -0.25) is 4.79 Å². The predicted octanol–water partition coefficient (Wildman–Crippen LogP) is 2.41. The maximum Gasteiger partial charge on any atom is 0.252 e. The van der Waals surface area contributed by atoms with E-state index in [2.05, 4.69) is 20.8 Å². The van der Waals surface area contributed by atoms with Gasteiger partial charge in [0.1, 0.15) is 4.21 Å². The number of sulfonamides is 1. The molecule has 30 heavy (non-hydrogen) atoms. The van der Waals surface area contributed by atoms with Crippen LogP contribution in [0.4, 0.5) is 5.69 Å². The summed E-state index contributed by atoms with van der Waals surface area (Å²) in [6.07, 6.45) is 3.77. The Labute approximate surface area is 182 Å². The molecular formula is C18H20N6O3S3. The van der Waals surface area contributed by atoms with Crippen LogP contribution in [-0.4, -0.2) is 58.2 Å². The number of thiophene rings is 1. The minimum absolute atomic E-state index is 0.103. The van der Waals surface area contributed by atoms with Gasteiger partial charge < -0.3 is 5.32 Å². The van der Waals surface area contributed by atoms with Crippen molar-refractivity contribution in [3.63, 3.8) is 0 Å². The van der Waals surface area contributed by atoms with E-state index in [-0.39, 0.29) is 16.5 Å². The molecular weight excluding hydrogens is 444 g/mol. The van der Waals surface area contributed by atoms with Crippen LogP contribution >= 0.6 is 23.1 Å². The molecule has 1 N–H and O–H groups in total. The largest absolute Gasteiger partial charge is 0.326 e. The third-order valence-electron chi connectivity index (χ3n) is 4.63. The predicted molar refractivity (Wildman–Crippen MR) is 116 cm³/mol. The van der Waals surface area contributed by atoms with Gasteiger partial charge in [-0.2, -0.15) is 8.99 Å². The first-order valence-corrected chi connectivity index (χ1v) is 12.8. The zero-order valence-corrected chi connectivity index (χ0v) is 18.6.